The van der Waals surface area contributed by atoms with Crippen molar-refractivity contribution >= 4 is 21.6 Å². The van der Waals surface area contributed by atoms with E-state index in [1.165, 1.54) is 18.7 Å². The topological polar surface area (TPSA) is 55.4 Å². The largest absolute Gasteiger partial charge is 0.495 e. The number of aryl methyl sites for hydroxylation is 1. The number of benzene rings is 2. The van der Waals surface area contributed by atoms with Gasteiger partial charge in [-0.25, -0.2) is 13.1 Å². The standard InChI is InChI=1S/C16H16ClNO3S/c1-21-15-9-7-12(17)10-16(15)22(19,20)18-14-8-6-11-4-2-3-5-13(11)14/h2-5,7,9-10,14,18H,6,8H2,1H3. The summed E-state index contributed by atoms with van der Waals surface area (Å²) in [6.07, 6.45) is 1.62. The Labute approximate surface area is 135 Å². The number of fused-ring (bicyclic) bond motifs is 1. The second-order valence-electron chi connectivity index (χ2n) is 5.21. The molecule has 0 spiro atoms. The van der Waals surface area contributed by atoms with Gasteiger partial charge in [-0.3, -0.25) is 0 Å². The molecule has 2 aromatic carbocycles. The van der Waals surface area contributed by atoms with Gasteiger partial charge < -0.3 is 4.74 Å². The van der Waals surface area contributed by atoms with Gasteiger partial charge in [0.1, 0.15) is 10.6 Å². The van der Waals surface area contributed by atoms with E-state index in [0.29, 0.717) is 5.02 Å². The molecule has 1 aliphatic rings. The van der Waals surface area contributed by atoms with Crippen molar-refractivity contribution in [2.24, 2.45) is 0 Å². The molecule has 0 saturated heterocycles. The Balaban J connectivity index is 1.94. The Morgan fingerprint density at radius 1 is 1.23 bits per heavy atom. The number of hydrogen-bond donors (Lipinski definition) is 1. The molecule has 1 N–H and O–H groups in total. The van der Waals surface area contributed by atoms with Crippen LogP contribution in [0, 0.1) is 0 Å². The lowest BCUT2D eigenvalue weighted by Crippen LogP contribution is -2.27. The van der Waals surface area contributed by atoms with Gasteiger partial charge in [0, 0.05) is 11.1 Å². The van der Waals surface area contributed by atoms with Gasteiger partial charge in [-0.2, -0.15) is 0 Å². The molecule has 22 heavy (non-hydrogen) atoms. The van der Waals surface area contributed by atoms with E-state index in [-0.39, 0.29) is 16.7 Å². The molecule has 0 saturated carbocycles. The molecule has 2 aromatic rings. The number of sulfonamides is 1. The molecule has 1 unspecified atom stereocenters. The molecular weight excluding hydrogens is 322 g/mol. The first kappa shape index (κ1) is 15.3. The molecule has 116 valence electrons. The second-order valence-corrected chi connectivity index (χ2v) is 7.33. The number of hydrogen-bond acceptors (Lipinski definition) is 3. The average molecular weight is 338 g/mol. The van der Waals surface area contributed by atoms with Crippen LogP contribution in [0.25, 0.3) is 0 Å². The van der Waals surface area contributed by atoms with E-state index in [9.17, 15) is 8.42 Å². The first-order chi connectivity index (χ1) is 10.5. The summed E-state index contributed by atoms with van der Waals surface area (Å²) in [5.74, 6) is 0.281. The number of ether oxygens (including phenoxy) is 1. The Bertz CT molecular complexity index is 805. The minimum absolute atomic E-state index is 0.0619. The quantitative estimate of drug-likeness (QED) is 0.931. The SMILES string of the molecule is COc1ccc(Cl)cc1S(=O)(=O)NC1CCc2ccccc21. The van der Waals surface area contributed by atoms with Gasteiger partial charge in [0.25, 0.3) is 0 Å². The number of methoxy groups -OCH3 is 1. The van der Waals surface area contributed by atoms with Crippen molar-refractivity contribution in [1.82, 2.24) is 4.72 Å². The fraction of sp³-hybridized carbons (Fsp3) is 0.250. The predicted molar refractivity (Wildman–Crippen MR) is 85.8 cm³/mol. The summed E-state index contributed by atoms with van der Waals surface area (Å²) in [7, 11) is -2.27. The van der Waals surface area contributed by atoms with Gasteiger partial charge >= 0.3 is 0 Å². The highest BCUT2D eigenvalue weighted by molar-refractivity contribution is 7.89. The maximum Gasteiger partial charge on any atom is 0.244 e. The maximum atomic E-state index is 12.7. The normalized spacial score (nSPS) is 17.3. The summed E-state index contributed by atoms with van der Waals surface area (Å²) in [5.41, 5.74) is 2.22. The fourth-order valence-electron chi connectivity index (χ4n) is 2.79. The molecule has 0 radical (unpaired) electrons. The van der Waals surface area contributed by atoms with E-state index in [1.54, 1.807) is 12.1 Å². The van der Waals surface area contributed by atoms with Gasteiger partial charge in [-0.1, -0.05) is 35.9 Å². The van der Waals surface area contributed by atoms with Gasteiger partial charge in [-0.05, 0) is 42.2 Å². The average Bonchev–Trinajstić information content (AvgIpc) is 2.90. The summed E-state index contributed by atoms with van der Waals surface area (Å²) in [6, 6.07) is 12.2. The minimum atomic E-state index is -3.71. The highest BCUT2D eigenvalue weighted by Gasteiger charge is 2.29. The molecule has 1 aliphatic carbocycles. The van der Waals surface area contributed by atoms with Crippen LogP contribution in [0.2, 0.25) is 5.02 Å². The van der Waals surface area contributed by atoms with E-state index < -0.39 is 10.0 Å². The molecule has 0 aliphatic heterocycles. The minimum Gasteiger partial charge on any atom is -0.495 e. The van der Waals surface area contributed by atoms with Crippen LogP contribution >= 0.6 is 11.6 Å². The zero-order valence-electron chi connectivity index (χ0n) is 12.0. The van der Waals surface area contributed by atoms with Crippen molar-refractivity contribution in [3.8, 4) is 5.75 Å². The van der Waals surface area contributed by atoms with Gasteiger partial charge in [-0.15, -0.1) is 0 Å². The van der Waals surface area contributed by atoms with E-state index in [4.69, 9.17) is 16.3 Å². The summed E-state index contributed by atoms with van der Waals surface area (Å²) >= 11 is 5.93. The monoisotopic (exact) mass is 337 g/mol. The Morgan fingerprint density at radius 2 is 2.00 bits per heavy atom. The molecule has 3 rings (SSSR count). The smallest absolute Gasteiger partial charge is 0.244 e. The van der Waals surface area contributed by atoms with E-state index in [0.717, 1.165) is 18.4 Å². The van der Waals surface area contributed by atoms with Crippen molar-refractivity contribution in [3.05, 3.63) is 58.6 Å². The Kier molecular flexibility index (Phi) is 4.12. The van der Waals surface area contributed by atoms with E-state index in [2.05, 4.69) is 4.72 Å². The van der Waals surface area contributed by atoms with Crippen molar-refractivity contribution in [1.29, 1.82) is 0 Å². The van der Waals surface area contributed by atoms with E-state index >= 15 is 0 Å². The first-order valence-electron chi connectivity index (χ1n) is 6.95. The highest BCUT2D eigenvalue weighted by atomic mass is 35.5. The predicted octanol–water partition coefficient (Wildman–Crippen LogP) is 3.31. The van der Waals surface area contributed by atoms with Gasteiger partial charge in [0.15, 0.2) is 0 Å². The van der Waals surface area contributed by atoms with Gasteiger partial charge in [0.05, 0.1) is 7.11 Å². The van der Waals surface area contributed by atoms with Crippen LogP contribution < -0.4 is 9.46 Å². The van der Waals surface area contributed by atoms with Crippen LogP contribution in [-0.4, -0.2) is 15.5 Å². The number of halogens is 1. The summed E-state index contributed by atoms with van der Waals surface area (Å²) < 4.78 is 33.3. The Morgan fingerprint density at radius 3 is 2.77 bits per heavy atom. The molecule has 4 nitrogen and oxygen atoms in total. The lowest BCUT2D eigenvalue weighted by atomic mass is 10.1. The van der Waals surface area contributed by atoms with Crippen LogP contribution in [0.1, 0.15) is 23.6 Å². The molecule has 6 heteroatoms. The maximum absolute atomic E-state index is 12.7. The van der Waals surface area contributed by atoms with Crippen molar-refractivity contribution in [3.63, 3.8) is 0 Å². The summed E-state index contributed by atoms with van der Waals surface area (Å²) in [5, 5.41) is 0.355. The van der Waals surface area contributed by atoms with Crippen LogP contribution in [0.4, 0.5) is 0 Å². The summed E-state index contributed by atoms with van der Waals surface area (Å²) in [4.78, 5) is 0.0619. The van der Waals surface area contributed by atoms with Gasteiger partial charge in [0.2, 0.25) is 10.0 Å². The zero-order chi connectivity index (χ0) is 15.7. The van der Waals surface area contributed by atoms with Crippen LogP contribution in [0.5, 0.6) is 5.75 Å². The molecule has 0 amide bonds. The van der Waals surface area contributed by atoms with Crippen molar-refractivity contribution < 1.29 is 13.2 Å². The molecule has 0 fully saturated rings. The third-order valence-electron chi connectivity index (χ3n) is 3.85. The Hall–Kier alpha value is -1.56. The first-order valence-corrected chi connectivity index (χ1v) is 8.81. The third-order valence-corrected chi connectivity index (χ3v) is 5.57. The van der Waals surface area contributed by atoms with E-state index in [1.807, 2.05) is 24.3 Å². The van der Waals surface area contributed by atoms with Crippen molar-refractivity contribution in [2.45, 2.75) is 23.8 Å². The molecule has 0 aromatic heterocycles. The molecule has 1 atom stereocenters. The molecular formula is C16H16ClNO3S. The highest BCUT2D eigenvalue weighted by Crippen LogP contribution is 2.34. The molecule has 0 bridgehead atoms. The number of rotatable bonds is 4. The van der Waals surface area contributed by atoms with Crippen molar-refractivity contribution in [2.75, 3.05) is 7.11 Å². The second kappa shape index (κ2) is 5.91. The fourth-order valence-corrected chi connectivity index (χ4v) is 4.47. The molecule has 0 heterocycles. The zero-order valence-corrected chi connectivity index (χ0v) is 13.6. The van der Waals surface area contributed by atoms with Crippen LogP contribution in [-0.2, 0) is 16.4 Å². The number of nitrogens with one attached hydrogen (secondary N) is 1. The van der Waals surface area contributed by atoms with Crippen LogP contribution in [0.3, 0.4) is 0 Å². The summed E-state index contributed by atoms with van der Waals surface area (Å²) in [6.45, 7) is 0. The lowest BCUT2D eigenvalue weighted by Gasteiger charge is -2.16. The van der Waals surface area contributed by atoms with Crippen LogP contribution in [0.15, 0.2) is 47.4 Å². The third kappa shape index (κ3) is 2.84. The lowest BCUT2D eigenvalue weighted by molar-refractivity contribution is 0.402.